The van der Waals surface area contributed by atoms with Crippen LogP contribution in [0.1, 0.15) is 0 Å². The van der Waals surface area contributed by atoms with Crippen molar-refractivity contribution in [2.24, 2.45) is 0 Å². The molecular weight excluding hydrogens is 340 g/mol. The summed E-state index contributed by atoms with van der Waals surface area (Å²) in [5.41, 5.74) is 0. The van der Waals surface area contributed by atoms with Crippen molar-refractivity contribution in [1.82, 2.24) is 15.3 Å². The van der Waals surface area contributed by atoms with Gasteiger partial charge in [-0.25, -0.2) is 9.97 Å². The lowest BCUT2D eigenvalue weighted by Gasteiger charge is -2.06. The third-order valence-electron chi connectivity index (χ3n) is 1.53. The lowest BCUT2D eigenvalue weighted by molar-refractivity contribution is -0.115. The summed E-state index contributed by atoms with van der Waals surface area (Å²) in [5, 5.41) is 5.50. The molecule has 2 N–H and O–H groups in total. The molecule has 0 saturated heterocycles. The average Bonchev–Trinajstić information content (AvgIpc) is 2.23. The second kappa shape index (κ2) is 6.72. The van der Waals surface area contributed by atoms with Crippen molar-refractivity contribution in [3.63, 3.8) is 0 Å². The second-order valence-corrected chi connectivity index (χ2v) is 4.36. The summed E-state index contributed by atoms with van der Waals surface area (Å²) in [7, 11) is 0. The topological polar surface area (TPSA) is 66.9 Å². The van der Waals surface area contributed by atoms with Gasteiger partial charge in [-0.1, -0.05) is 6.08 Å². The third-order valence-corrected chi connectivity index (χ3v) is 2.47. The summed E-state index contributed by atoms with van der Waals surface area (Å²) in [4.78, 5) is 19.5. The summed E-state index contributed by atoms with van der Waals surface area (Å²) >= 11 is 6.38. The fourth-order valence-electron chi connectivity index (χ4n) is 0.895. The highest BCUT2D eigenvalue weighted by Gasteiger charge is 2.07. The largest absolute Gasteiger partial charge is 0.307 e. The normalized spacial score (nSPS) is 9.88. The van der Waals surface area contributed by atoms with Gasteiger partial charge in [-0.3, -0.25) is 4.79 Å². The van der Waals surface area contributed by atoms with Crippen LogP contribution in [0.4, 0.5) is 5.82 Å². The van der Waals surface area contributed by atoms with Crippen LogP contribution >= 0.6 is 31.9 Å². The molecule has 1 amide bonds. The van der Waals surface area contributed by atoms with Crippen LogP contribution in [-0.2, 0) is 4.79 Å². The number of carbonyl (C=O) groups is 1. The van der Waals surface area contributed by atoms with Crippen molar-refractivity contribution in [3.05, 3.63) is 28.1 Å². The van der Waals surface area contributed by atoms with Gasteiger partial charge in [-0.15, -0.1) is 6.58 Å². The number of halogens is 2. The molecule has 0 aromatic carbocycles. The van der Waals surface area contributed by atoms with Gasteiger partial charge in [-0.2, -0.15) is 0 Å². The Morgan fingerprint density at radius 1 is 1.56 bits per heavy atom. The summed E-state index contributed by atoms with van der Waals surface area (Å²) in [6, 6.07) is 0. The van der Waals surface area contributed by atoms with Gasteiger partial charge >= 0.3 is 0 Å². The van der Waals surface area contributed by atoms with Crippen molar-refractivity contribution in [2.45, 2.75) is 0 Å². The molecule has 0 fully saturated rings. The molecule has 0 unspecified atom stereocenters. The van der Waals surface area contributed by atoms with Crippen LogP contribution in [-0.4, -0.2) is 29.0 Å². The average molecular weight is 350 g/mol. The highest BCUT2D eigenvalue weighted by molar-refractivity contribution is 9.11. The minimum absolute atomic E-state index is 0.181. The molecule has 86 valence electrons. The highest BCUT2D eigenvalue weighted by atomic mass is 79.9. The molecule has 0 aliphatic rings. The Kier molecular flexibility index (Phi) is 5.58. The third kappa shape index (κ3) is 4.38. The molecule has 1 heterocycles. The van der Waals surface area contributed by atoms with E-state index >= 15 is 0 Å². The van der Waals surface area contributed by atoms with E-state index in [1.165, 1.54) is 6.20 Å². The minimum Gasteiger partial charge on any atom is -0.307 e. The lowest BCUT2D eigenvalue weighted by atomic mass is 10.5. The predicted molar refractivity (Wildman–Crippen MR) is 69.1 cm³/mol. The fraction of sp³-hybridized carbons (Fsp3) is 0.222. The number of aromatic nitrogens is 2. The highest BCUT2D eigenvalue weighted by Crippen LogP contribution is 2.18. The van der Waals surface area contributed by atoms with Gasteiger partial charge in [0, 0.05) is 6.54 Å². The van der Waals surface area contributed by atoms with E-state index in [0.29, 0.717) is 21.6 Å². The predicted octanol–water partition coefficient (Wildman–Crippen LogP) is 1.72. The molecule has 0 radical (unpaired) electrons. The molecule has 5 nitrogen and oxygen atoms in total. The van der Waals surface area contributed by atoms with Gasteiger partial charge in [0.15, 0.2) is 5.82 Å². The Labute approximate surface area is 110 Å². The number of anilines is 1. The first-order valence-corrected chi connectivity index (χ1v) is 6.01. The molecule has 1 aromatic rings. The lowest BCUT2D eigenvalue weighted by Crippen LogP contribution is -2.28. The Hall–Kier alpha value is -0.790. The number of rotatable bonds is 5. The first-order valence-electron chi connectivity index (χ1n) is 4.43. The minimum atomic E-state index is -0.181. The zero-order valence-corrected chi connectivity index (χ0v) is 11.5. The summed E-state index contributed by atoms with van der Waals surface area (Å²) in [6.45, 7) is 4.32. The first-order chi connectivity index (χ1) is 7.63. The smallest absolute Gasteiger partial charge is 0.239 e. The number of hydrogen-bond donors (Lipinski definition) is 2. The molecule has 0 aliphatic carbocycles. The van der Waals surface area contributed by atoms with Gasteiger partial charge in [0.25, 0.3) is 0 Å². The molecular formula is C9H10Br2N4O. The maximum Gasteiger partial charge on any atom is 0.239 e. The van der Waals surface area contributed by atoms with Crippen LogP contribution < -0.4 is 10.6 Å². The number of carbonyl (C=O) groups excluding carboxylic acids is 1. The summed E-state index contributed by atoms with van der Waals surface area (Å²) in [5.74, 6) is 0.216. The van der Waals surface area contributed by atoms with E-state index in [-0.39, 0.29) is 12.5 Å². The zero-order chi connectivity index (χ0) is 12.0. The van der Waals surface area contributed by atoms with E-state index in [0.717, 1.165) is 0 Å². The standard InChI is InChI=1S/C9H10Br2N4O/c1-2-3-12-5-7(16)15-9-8(11)14-6(10)4-13-9/h2,4,12H,1,3,5H2,(H,13,15,16). The van der Waals surface area contributed by atoms with Crippen LogP contribution in [0.3, 0.4) is 0 Å². The molecule has 7 heteroatoms. The van der Waals surface area contributed by atoms with Gasteiger partial charge in [0.05, 0.1) is 12.7 Å². The van der Waals surface area contributed by atoms with E-state index in [9.17, 15) is 4.79 Å². The summed E-state index contributed by atoms with van der Waals surface area (Å²) < 4.78 is 1.08. The first kappa shape index (κ1) is 13.3. The Bertz CT molecular complexity index is 397. The Balaban J connectivity index is 2.52. The van der Waals surface area contributed by atoms with Crippen molar-refractivity contribution in [3.8, 4) is 0 Å². The molecule has 1 rings (SSSR count). The molecule has 16 heavy (non-hydrogen) atoms. The zero-order valence-electron chi connectivity index (χ0n) is 8.33. The van der Waals surface area contributed by atoms with Crippen molar-refractivity contribution < 1.29 is 4.79 Å². The summed E-state index contributed by atoms with van der Waals surface area (Å²) in [6.07, 6.45) is 3.19. The molecule has 0 spiro atoms. The van der Waals surface area contributed by atoms with E-state index < -0.39 is 0 Å². The Morgan fingerprint density at radius 3 is 2.94 bits per heavy atom. The SMILES string of the molecule is C=CCNCC(=O)Nc1ncc(Br)nc1Br. The van der Waals surface area contributed by atoms with Crippen LogP contribution in [0.15, 0.2) is 28.1 Å². The van der Waals surface area contributed by atoms with Gasteiger partial charge < -0.3 is 10.6 Å². The molecule has 0 saturated carbocycles. The monoisotopic (exact) mass is 348 g/mol. The Morgan fingerprint density at radius 2 is 2.31 bits per heavy atom. The van der Waals surface area contributed by atoms with Crippen molar-refractivity contribution >= 4 is 43.6 Å². The fourth-order valence-corrected chi connectivity index (χ4v) is 1.80. The molecule has 0 atom stereocenters. The number of nitrogens with zero attached hydrogens (tertiary/aromatic N) is 2. The number of nitrogens with one attached hydrogen (secondary N) is 2. The van der Waals surface area contributed by atoms with Crippen LogP contribution in [0.25, 0.3) is 0 Å². The van der Waals surface area contributed by atoms with E-state index in [4.69, 9.17) is 0 Å². The number of amides is 1. The van der Waals surface area contributed by atoms with E-state index in [1.54, 1.807) is 6.08 Å². The van der Waals surface area contributed by atoms with Gasteiger partial charge in [-0.05, 0) is 31.9 Å². The van der Waals surface area contributed by atoms with Gasteiger partial charge in [0.2, 0.25) is 5.91 Å². The number of hydrogen-bond acceptors (Lipinski definition) is 4. The molecule has 0 aliphatic heterocycles. The second-order valence-electron chi connectivity index (χ2n) is 2.80. The van der Waals surface area contributed by atoms with E-state index in [2.05, 4.69) is 59.0 Å². The van der Waals surface area contributed by atoms with Crippen molar-refractivity contribution in [1.29, 1.82) is 0 Å². The van der Waals surface area contributed by atoms with Gasteiger partial charge in [0.1, 0.15) is 9.21 Å². The quantitative estimate of drug-likeness (QED) is 0.627. The maximum absolute atomic E-state index is 11.4. The van der Waals surface area contributed by atoms with Crippen molar-refractivity contribution in [2.75, 3.05) is 18.4 Å². The molecule has 1 aromatic heterocycles. The van der Waals surface area contributed by atoms with E-state index in [1.807, 2.05) is 0 Å². The maximum atomic E-state index is 11.4. The van der Waals surface area contributed by atoms with Crippen LogP contribution in [0.5, 0.6) is 0 Å². The van der Waals surface area contributed by atoms with Crippen LogP contribution in [0.2, 0.25) is 0 Å². The van der Waals surface area contributed by atoms with Crippen LogP contribution in [0, 0.1) is 0 Å². The molecule has 0 bridgehead atoms.